The van der Waals surface area contributed by atoms with Gasteiger partial charge in [-0.15, -0.1) is 12.4 Å². The summed E-state index contributed by atoms with van der Waals surface area (Å²) < 4.78 is 14.3. The Balaban J connectivity index is 0.00000196. The normalized spacial score (nSPS) is 13.2. The van der Waals surface area contributed by atoms with E-state index < -0.39 is 0 Å². The molecule has 0 aromatic heterocycles. The van der Waals surface area contributed by atoms with Crippen LogP contribution in [0.1, 0.15) is 32.4 Å². The van der Waals surface area contributed by atoms with Crippen LogP contribution in [0, 0.1) is 11.2 Å². The number of nitrogens with two attached hydrogens (primary N) is 1. The van der Waals surface area contributed by atoms with E-state index in [4.69, 9.17) is 5.73 Å². The van der Waals surface area contributed by atoms with E-state index in [-0.39, 0.29) is 29.7 Å². The Kier molecular flexibility index (Phi) is 5.24. The summed E-state index contributed by atoms with van der Waals surface area (Å²) in [7, 11) is 0. The molecule has 4 heteroatoms. The molecule has 2 N–H and O–H groups in total. The zero-order chi connectivity index (χ0) is 10.9. The van der Waals surface area contributed by atoms with Gasteiger partial charge < -0.3 is 5.73 Å². The smallest absolute Gasteiger partial charge is 0.129 e. The highest BCUT2D eigenvalue weighted by molar-refractivity contribution is 9.10. The summed E-state index contributed by atoms with van der Waals surface area (Å²) in [5.41, 5.74) is 6.41. The molecule has 1 atom stereocenters. The van der Waals surface area contributed by atoms with Crippen molar-refractivity contribution >= 4 is 28.3 Å². The zero-order valence-electron chi connectivity index (χ0n) is 9.05. The summed E-state index contributed by atoms with van der Waals surface area (Å²) in [5, 5.41) is 0. The molecule has 0 radical (unpaired) electrons. The third kappa shape index (κ3) is 3.74. The van der Waals surface area contributed by atoms with Crippen molar-refractivity contribution in [3.63, 3.8) is 0 Å². The number of hydrogen-bond donors (Lipinski definition) is 1. The van der Waals surface area contributed by atoms with Crippen LogP contribution in [0.3, 0.4) is 0 Å². The molecule has 0 spiro atoms. The van der Waals surface area contributed by atoms with Gasteiger partial charge in [-0.25, -0.2) is 4.39 Å². The molecule has 86 valence electrons. The maximum atomic E-state index is 13.5. The first kappa shape index (κ1) is 14.9. The van der Waals surface area contributed by atoms with E-state index in [1.54, 1.807) is 6.07 Å². The standard InChI is InChI=1S/C11H15BrFN.ClH/c1-11(2,3)10(14)8-5-4-7(12)6-9(8)13;/h4-6,10H,14H2,1-3H3;1H/t10-;/m0./s1. The van der Waals surface area contributed by atoms with Gasteiger partial charge in [0.25, 0.3) is 0 Å². The molecule has 15 heavy (non-hydrogen) atoms. The molecule has 0 aliphatic rings. The van der Waals surface area contributed by atoms with E-state index in [0.29, 0.717) is 5.56 Å². The van der Waals surface area contributed by atoms with Gasteiger partial charge >= 0.3 is 0 Å². The minimum Gasteiger partial charge on any atom is -0.323 e. The molecule has 0 bridgehead atoms. The summed E-state index contributed by atoms with van der Waals surface area (Å²) >= 11 is 3.22. The highest BCUT2D eigenvalue weighted by Crippen LogP contribution is 2.32. The molecule has 1 nitrogen and oxygen atoms in total. The quantitative estimate of drug-likeness (QED) is 0.831. The lowest BCUT2D eigenvalue weighted by molar-refractivity contribution is 0.319. The SMILES string of the molecule is CC(C)(C)[C@@H](N)c1ccc(Br)cc1F.Cl. The van der Waals surface area contributed by atoms with Crippen LogP contribution in [0.25, 0.3) is 0 Å². The maximum Gasteiger partial charge on any atom is 0.129 e. The Morgan fingerprint density at radius 3 is 2.27 bits per heavy atom. The summed E-state index contributed by atoms with van der Waals surface area (Å²) in [6.07, 6.45) is 0. The van der Waals surface area contributed by atoms with Gasteiger partial charge in [0.15, 0.2) is 0 Å². The summed E-state index contributed by atoms with van der Waals surface area (Å²) in [4.78, 5) is 0. The Labute approximate surface area is 105 Å². The molecule has 0 fully saturated rings. The molecule has 0 saturated heterocycles. The topological polar surface area (TPSA) is 26.0 Å². The monoisotopic (exact) mass is 295 g/mol. The predicted octanol–water partition coefficient (Wildman–Crippen LogP) is 4.06. The molecule has 0 amide bonds. The molecule has 0 aliphatic heterocycles. The van der Waals surface area contributed by atoms with Gasteiger partial charge in [-0.1, -0.05) is 42.8 Å². The fraction of sp³-hybridized carbons (Fsp3) is 0.455. The second kappa shape index (κ2) is 5.28. The van der Waals surface area contributed by atoms with Crippen LogP contribution in [0.4, 0.5) is 4.39 Å². The zero-order valence-corrected chi connectivity index (χ0v) is 11.5. The van der Waals surface area contributed by atoms with Crippen molar-refractivity contribution in [2.75, 3.05) is 0 Å². The molecule has 1 rings (SSSR count). The summed E-state index contributed by atoms with van der Waals surface area (Å²) in [6, 6.07) is 4.70. The van der Waals surface area contributed by atoms with Crippen LogP contribution in [0.15, 0.2) is 22.7 Å². The van der Waals surface area contributed by atoms with Crippen molar-refractivity contribution in [2.24, 2.45) is 11.1 Å². The van der Waals surface area contributed by atoms with Crippen LogP contribution < -0.4 is 5.73 Å². The van der Waals surface area contributed by atoms with E-state index in [9.17, 15) is 4.39 Å². The maximum absolute atomic E-state index is 13.5. The average molecular weight is 297 g/mol. The lowest BCUT2D eigenvalue weighted by atomic mass is 9.83. The molecule has 1 aromatic carbocycles. The molecule has 0 heterocycles. The average Bonchev–Trinajstić information content (AvgIpc) is 2.01. The summed E-state index contributed by atoms with van der Waals surface area (Å²) in [6.45, 7) is 6.00. The Hall–Kier alpha value is -0.120. The minimum absolute atomic E-state index is 0. The van der Waals surface area contributed by atoms with E-state index >= 15 is 0 Å². The third-order valence-electron chi connectivity index (χ3n) is 2.23. The molecule has 0 aliphatic carbocycles. The van der Waals surface area contributed by atoms with Gasteiger partial charge in [0, 0.05) is 16.1 Å². The van der Waals surface area contributed by atoms with Crippen LogP contribution in [-0.4, -0.2) is 0 Å². The molecular formula is C11H16BrClFN. The van der Waals surface area contributed by atoms with Crippen molar-refractivity contribution in [3.8, 4) is 0 Å². The van der Waals surface area contributed by atoms with Gasteiger partial charge in [0.2, 0.25) is 0 Å². The van der Waals surface area contributed by atoms with E-state index in [0.717, 1.165) is 4.47 Å². The largest absolute Gasteiger partial charge is 0.323 e. The third-order valence-corrected chi connectivity index (χ3v) is 2.72. The first-order chi connectivity index (χ1) is 6.32. The van der Waals surface area contributed by atoms with Crippen LogP contribution >= 0.6 is 28.3 Å². The second-order valence-corrected chi connectivity index (χ2v) is 5.43. The summed E-state index contributed by atoms with van der Waals surface area (Å²) in [5.74, 6) is -0.248. The van der Waals surface area contributed by atoms with Gasteiger partial charge in [0.05, 0.1) is 0 Å². The predicted molar refractivity (Wildman–Crippen MR) is 67.7 cm³/mol. The highest BCUT2D eigenvalue weighted by Gasteiger charge is 2.24. The number of benzene rings is 1. The fourth-order valence-electron chi connectivity index (χ4n) is 1.22. The molecule has 0 unspecified atom stereocenters. The van der Waals surface area contributed by atoms with Crippen molar-refractivity contribution < 1.29 is 4.39 Å². The molecule has 1 aromatic rings. The highest BCUT2D eigenvalue weighted by atomic mass is 79.9. The van der Waals surface area contributed by atoms with Crippen molar-refractivity contribution in [2.45, 2.75) is 26.8 Å². The Bertz CT molecular complexity index is 336. The van der Waals surface area contributed by atoms with Gasteiger partial charge in [0.1, 0.15) is 5.82 Å². The lowest BCUT2D eigenvalue weighted by Crippen LogP contribution is -2.27. The van der Waals surface area contributed by atoms with Gasteiger partial charge in [-0.2, -0.15) is 0 Å². The molecule has 0 saturated carbocycles. The van der Waals surface area contributed by atoms with E-state index in [2.05, 4.69) is 15.9 Å². The number of hydrogen-bond acceptors (Lipinski definition) is 1. The van der Waals surface area contributed by atoms with E-state index in [1.165, 1.54) is 6.07 Å². The number of rotatable bonds is 1. The van der Waals surface area contributed by atoms with Crippen molar-refractivity contribution in [3.05, 3.63) is 34.1 Å². The Morgan fingerprint density at radius 1 is 1.33 bits per heavy atom. The first-order valence-electron chi connectivity index (χ1n) is 4.53. The minimum atomic E-state index is -0.282. The van der Waals surface area contributed by atoms with Crippen LogP contribution in [-0.2, 0) is 0 Å². The van der Waals surface area contributed by atoms with E-state index in [1.807, 2.05) is 26.8 Å². The van der Waals surface area contributed by atoms with Crippen LogP contribution in [0.2, 0.25) is 0 Å². The Morgan fingerprint density at radius 2 is 1.87 bits per heavy atom. The van der Waals surface area contributed by atoms with Crippen molar-refractivity contribution in [1.82, 2.24) is 0 Å². The van der Waals surface area contributed by atoms with Crippen LogP contribution in [0.5, 0.6) is 0 Å². The second-order valence-electron chi connectivity index (χ2n) is 4.51. The van der Waals surface area contributed by atoms with Gasteiger partial charge in [-0.3, -0.25) is 0 Å². The lowest BCUT2D eigenvalue weighted by Gasteiger charge is -2.27. The van der Waals surface area contributed by atoms with Gasteiger partial charge in [-0.05, 0) is 17.5 Å². The first-order valence-corrected chi connectivity index (χ1v) is 5.32. The van der Waals surface area contributed by atoms with Crippen molar-refractivity contribution in [1.29, 1.82) is 0 Å². The molecular weight excluding hydrogens is 280 g/mol. The fourth-order valence-corrected chi connectivity index (χ4v) is 1.55. The number of halogens is 3.